The summed E-state index contributed by atoms with van der Waals surface area (Å²) in [7, 11) is 3.80. The Morgan fingerprint density at radius 1 is 1.06 bits per heavy atom. The highest BCUT2D eigenvalue weighted by atomic mass is 16.5. The molecule has 174 valence electrons. The Kier molecular flexibility index (Phi) is 6.98. The van der Waals surface area contributed by atoms with Gasteiger partial charge in [0.15, 0.2) is 0 Å². The number of esters is 1. The second-order valence-electron chi connectivity index (χ2n) is 8.03. The van der Waals surface area contributed by atoms with E-state index in [4.69, 9.17) is 4.74 Å². The predicted octanol–water partition coefficient (Wildman–Crippen LogP) is 3.94. The molecule has 0 saturated carbocycles. The number of aromatic nitrogens is 3. The van der Waals surface area contributed by atoms with Crippen molar-refractivity contribution in [3.05, 3.63) is 82.8 Å². The highest BCUT2D eigenvalue weighted by Crippen LogP contribution is 2.30. The monoisotopic (exact) mass is 457 g/mol. The van der Waals surface area contributed by atoms with Gasteiger partial charge in [0.1, 0.15) is 23.6 Å². The molecule has 1 N–H and O–H groups in total. The lowest BCUT2D eigenvalue weighted by atomic mass is 10.0. The van der Waals surface area contributed by atoms with Crippen LogP contribution in [0.15, 0.2) is 71.7 Å². The summed E-state index contributed by atoms with van der Waals surface area (Å²) in [6.07, 6.45) is 1.71. The average Bonchev–Trinajstić information content (AvgIpc) is 2.85. The van der Waals surface area contributed by atoms with Gasteiger partial charge >= 0.3 is 5.97 Å². The van der Waals surface area contributed by atoms with Gasteiger partial charge in [0.05, 0.1) is 5.52 Å². The van der Waals surface area contributed by atoms with Crippen molar-refractivity contribution in [1.82, 2.24) is 19.7 Å². The van der Waals surface area contributed by atoms with Crippen molar-refractivity contribution in [1.29, 1.82) is 0 Å². The first-order valence-electron chi connectivity index (χ1n) is 11.1. The molecule has 0 fully saturated rings. The molecule has 0 aliphatic heterocycles. The number of hydrogen-bond acceptors (Lipinski definition) is 7. The lowest BCUT2D eigenvalue weighted by Gasteiger charge is -2.18. The summed E-state index contributed by atoms with van der Waals surface area (Å²) in [6.45, 7) is 2.93. The Morgan fingerprint density at radius 2 is 1.85 bits per heavy atom. The second-order valence-corrected chi connectivity index (χ2v) is 8.03. The Hall–Kier alpha value is -4.04. The van der Waals surface area contributed by atoms with E-state index in [0.717, 1.165) is 10.9 Å². The third-order valence-electron chi connectivity index (χ3n) is 5.38. The Balaban J connectivity index is 1.91. The fourth-order valence-corrected chi connectivity index (χ4v) is 3.64. The maximum absolute atomic E-state index is 13.4. The number of likely N-dealkylation sites (N-methyl/N-ethyl adjacent to an activating group) is 1. The number of fused-ring (bicyclic) bond motifs is 1. The van der Waals surface area contributed by atoms with Crippen molar-refractivity contribution >= 4 is 28.2 Å². The van der Waals surface area contributed by atoms with Crippen molar-refractivity contribution in [2.45, 2.75) is 13.5 Å². The van der Waals surface area contributed by atoms with Gasteiger partial charge in [-0.2, -0.15) is 5.10 Å². The molecular weight excluding hydrogens is 430 g/mol. The van der Waals surface area contributed by atoms with Crippen molar-refractivity contribution in [3.63, 3.8) is 0 Å². The summed E-state index contributed by atoms with van der Waals surface area (Å²) >= 11 is 0. The van der Waals surface area contributed by atoms with E-state index in [2.05, 4.69) is 15.4 Å². The number of carbonyl (C=O) groups excluding carboxylic acids is 1. The molecule has 0 aliphatic rings. The number of aryl methyl sites for hydroxylation is 1. The van der Waals surface area contributed by atoms with Crippen LogP contribution in [0.1, 0.15) is 17.3 Å². The fourth-order valence-electron chi connectivity index (χ4n) is 3.64. The molecule has 8 nitrogen and oxygen atoms in total. The molecule has 0 atom stereocenters. The Labute approximate surface area is 197 Å². The van der Waals surface area contributed by atoms with Crippen LogP contribution in [0.2, 0.25) is 0 Å². The number of hydrogen-bond donors (Lipinski definition) is 1. The smallest absolute Gasteiger partial charge is 0.342 e. The number of nitrogens with one attached hydrogen (secondary N) is 1. The fraction of sp³-hybridized carbons (Fsp3) is 0.231. The van der Waals surface area contributed by atoms with Crippen molar-refractivity contribution in [3.8, 4) is 11.3 Å². The normalized spacial score (nSPS) is 11.1. The van der Waals surface area contributed by atoms with Gasteiger partial charge < -0.3 is 15.0 Å². The van der Waals surface area contributed by atoms with Crippen LogP contribution >= 0.6 is 0 Å². The van der Waals surface area contributed by atoms with E-state index in [1.165, 1.54) is 4.68 Å². The zero-order valence-electron chi connectivity index (χ0n) is 19.5. The van der Waals surface area contributed by atoms with Crippen LogP contribution in [-0.4, -0.2) is 52.9 Å². The molecule has 0 bridgehead atoms. The topological polar surface area (TPSA) is 89.3 Å². The first-order chi connectivity index (χ1) is 16.5. The van der Waals surface area contributed by atoms with E-state index < -0.39 is 11.5 Å². The highest BCUT2D eigenvalue weighted by Gasteiger charge is 2.26. The second kappa shape index (κ2) is 10.3. The van der Waals surface area contributed by atoms with Gasteiger partial charge in [-0.3, -0.25) is 9.78 Å². The van der Waals surface area contributed by atoms with E-state index in [1.807, 2.05) is 86.6 Å². The number of benzene rings is 2. The molecule has 8 heteroatoms. The number of nitrogens with zero attached hydrogens (tertiary/aromatic N) is 4. The zero-order chi connectivity index (χ0) is 24.1. The minimum Gasteiger partial charge on any atom is -0.461 e. The predicted molar refractivity (Wildman–Crippen MR) is 133 cm³/mol. The highest BCUT2D eigenvalue weighted by molar-refractivity contribution is 6.03. The summed E-state index contributed by atoms with van der Waals surface area (Å²) < 4.78 is 6.93. The van der Waals surface area contributed by atoms with Gasteiger partial charge in [0.25, 0.3) is 5.56 Å². The van der Waals surface area contributed by atoms with Crippen LogP contribution in [-0.2, 0) is 11.3 Å². The van der Waals surface area contributed by atoms with Gasteiger partial charge in [0, 0.05) is 35.9 Å². The zero-order valence-corrected chi connectivity index (χ0v) is 19.5. The van der Waals surface area contributed by atoms with Gasteiger partial charge in [-0.15, -0.1) is 0 Å². The number of anilines is 2. The van der Waals surface area contributed by atoms with E-state index in [9.17, 15) is 9.59 Å². The first-order valence-corrected chi connectivity index (χ1v) is 11.1. The third-order valence-corrected chi connectivity index (χ3v) is 5.38. The minimum atomic E-state index is -0.602. The molecule has 34 heavy (non-hydrogen) atoms. The standard InChI is InChI=1S/C26H27N5O3/c1-4-31-25(32)24(28-21-14-8-13-20-19(21)12-9-15-27-20)22(26(33)34-17-16-30(2)3)23(29-31)18-10-6-5-7-11-18/h5-15,28H,4,16-17H2,1-3H3. The summed E-state index contributed by atoms with van der Waals surface area (Å²) in [6, 6.07) is 18.7. The molecule has 0 spiro atoms. The lowest BCUT2D eigenvalue weighted by Crippen LogP contribution is -2.29. The van der Waals surface area contributed by atoms with Crippen molar-refractivity contribution in [2.24, 2.45) is 0 Å². The van der Waals surface area contributed by atoms with E-state index in [0.29, 0.717) is 30.0 Å². The molecule has 0 aliphatic carbocycles. The van der Waals surface area contributed by atoms with Crippen molar-refractivity contribution in [2.75, 3.05) is 32.6 Å². The van der Waals surface area contributed by atoms with Crippen LogP contribution in [0.25, 0.3) is 22.2 Å². The number of rotatable bonds is 8. The molecule has 2 aromatic carbocycles. The van der Waals surface area contributed by atoms with Crippen LogP contribution in [0.4, 0.5) is 11.4 Å². The van der Waals surface area contributed by atoms with E-state index >= 15 is 0 Å². The van der Waals surface area contributed by atoms with Gasteiger partial charge in [-0.05, 0) is 45.3 Å². The quantitative estimate of drug-likeness (QED) is 0.401. The molecular formula is C26H27N5O3. The largest absolute Gasteiger partial charge is 0.461 e. The van der Waals surface area contributed by atoms with Crippen molar-refractivity contribution < 1.29 is 9.53 Å². The number of carbonyl (C=O) groups is 1. The molecule has 2 aromatic heterocycles. The summed E-state index contributed by atoms with van der Waals surface area (Å²) in [5, 5.41) is 8.59. The van der Waals surface area contributed by atoms with Gasteiger partial charge in [0.2, 0.25) is 0 Å². The molecule has 2 heterocycles. The molecule has 0 saturated heterocycles. The van der Waals surface area contributed by atoms with Crippen LogP contribution in [0.5, 0.6) is 0 Å². The molecule has 0 unspecified atom stereocenters. The van der Waals surface area contributed by atoms with Gasteiger partial charge in [-0.1, -0.05) is 36.4 Å². The maximum atomic E-state index is 13.4. The molecule has 0 radical (unpaired) electrons. The minimum absolute atomic E-state index is 0.112. The number of pyridine rings is 1. The summed E-state index contributed by atoms with van der Waals surface area (Å²) in [4.78, 5) is 33.1. The average molecular weight is 458 g/mol. The lowest BCUT2D eigenvalue weighted by molar-refractivity contribution is 0.0483. The number of ether oxygens (including phenoxy) is 1. The molecule has 4 rings (SSSR count). The first kappa shape index (κ1) is 23.1. The van der Waals surface area contributed by atoms with Crippen LogP contribution in [0, 0.1) is 0 Å². The molecule has 4 aromatic rings. The van der Waals surface area contributed by atoms with E-state index in [-0.39, 0.29) is 17.9 Å². The molecule has 0 amide bonds. The summed E-state index contributed by atoms with van der Waals surface area (Å²) in [5.41, 5.74) is 2.38. The van der Waals surface area contributed by atoms with Crippen LogP contribution < -0.4 is 10.9 Å². The third kappa shape index (κ3) is 4.82. The maximum Gasteiger partial charge on any atom is 0.342 e. The van der Waals surface area contributed by atoms with Crippen LogP contribution in [0.3, 0.4) is 0 Å². The SMILES string of the molecule is CCn1nc(-c2ccccc2)c(C(=O)OCCN(C)C)c(Nc2cccc3ncccc23)c1=O. The Bertz CT molecular complexity index is 1360. The Morgan fingerprint density at radius 3 is 2.59 bits per heavy atom. The van der Waals surface area contributed by atoms with Gasteiger partial charge in [-0.25, -0.2) is 9.48 Å². The summed E-state index contributed by atoms with van der Waals surface area (Å²) in [5.74, 6) is -0.602. The van der Waals surface area contributed by atoms with E-state index in [1.54, 1.807) is 6.20 Å².